The smallest absolute Gasteiger partial charge is 0.252 e. The normalized spacial score (nSPS) is 31.7. The van der Waals surface area contributed by atoms with Crippen LogP contribution in [0.1, 0.15) is 89.9 Å². The standard InChI is InChI=1S/C29H46N8O6/c30-36-34-24-8-3-1-6-20(24)16-29(28(41)32-17-21(40)18-39)26(23-7-2-4-9-25(23)35-37-31)43-27(33-29)19-10-12-22(13-11-19)42-15-5-14-38/h19-22,24,26,38-40H,1-18H2,(H,32,41)/t19?,20?,21?,22?,24?,26-,29-/m1/s1. The summed E-state index contributed by atoms with van der Waals surface area (Å²) in [6, 6.07) is -0.283. The van der Waals surface area contributed by atoms with Gasteiger partial charge in [-0.1, -0.05) is 23.1 Å². The Bertz CT molecular complexity index is 1110. The van der Waals surface area contributed by atoms with Crippen LogP contribution in [0.3, 0.4) is 0 Å². The molecule has 14 nitrogen and oxygen atoms in total. The lowest BCUT2D eigenvalue weighted by molar-refractivity contribution is -0.129. The van der Waals surface area contributed by atoms with E-state index in [4.69, 9.17) is 19.6 Å². The molecular formula is C29H46N8O6. The van der Waals surface area contributed by atoms with Crippen LogP contribution in [-0.4, -0.2) is 83.4 Å². The number of carbonyl (C=O) groups excluding carboxylic acids is 1. The molecule has 0 aromatic rings. The van der Waals surface area contributed by atoms with E-state index in [9.17, 15) is 26.1 Å². The molecule has 2 fully saturated rings. The summed E-state index contributed by atoms with van der Waals surface area (Å²) < 4.78 is 12.6. The SMILES string of the molecule is [N-]=[N+]=NC1=C([C@H]2OC(C3CCC(OCCCO)CC3)=N[C@@]2(CC2CCCCC2N=[N+]=[N-])C(=O)NCC(O)CO)CCCC1. The summed E-state index contributed by atoms with van der Waals surface area (Å²) in [6.45, 7) is -0.0504. The predicted octanol–water partition coefficient (Wildman–Crippen LogP) is 4.35. The molecule has 0 aromatic heterocycles. The van der Waals surface area contributed by atoms with Gasteiger partial charge in [0.15, 0.2) is 17.5 Å². The van der Waals surface area contributed by atoms with E-state index in [0.717, 1.165) is 69.8 Å². The first-order valence-electron chi connectivity index (χ1n) is 15.8. The molecule has 3 aliphatic carbocycles. The molecule has 238 valence electrons. The van der Waals surface area contributed by atoms with Crippen molar-refractivity contribution in [3.63, 3.8) is 0 Å². The highest BCUT2D eigenvalue weighted by molar-refractivity contribution is 5.95. The lowest BCUT2D eigenvalue weighted by atomic mass is 9.72. The summed E-state index contributed by atoms with van der Waals surface area (Å²) in [5, 5.41) is 39.5. The molecule has 0 radical (unpaired) electrons. The number of hydrogen-bond donors (Lipinski definition) is 4. The first kappa shape index (κ1) is 33.0. The van der Waals surface area contributed by atoms with Gasteiger partial charge in [-0.05, 0) is 99.6 Å². The third-order valence-electron chi connectivity index (χ3n) is 9.37. The van der Waals surface area contributed by atoms with Gasteiger partial charge in [-0.15, -0.1) is 0 Å². The van der Waals surface area contributed by atoms with E-state index in [1.54, 1.807) is 0 Å². The van der Waals surface area contributed by atoms with Crippen LogP contribution in [0.5, 0.6) is 0 Å². The van der Waals surface area contributed by atoms with E-state index in [2.05, 4.69) is 25.4 Å². The number of aliphatic hydroxyl groups is 3. The molecule has 4 rings (SSSR count). The maximum absolute atomic E-state index is 14.3. The number of carbonyl (C=O) groups is 1. The molecule has 0 bridgehead atoms. The van der Waals surface area contributed by atoms with Crippen molar-refractivity contribution in [1.82, 2.24) is 5.32 Å². The summed E-state index contributed by atoms with van der Waals surface area (Å²) >= 11 is 0. The Balaban J connectivity index is 1.73. The molecule has 43 heavy (non-hydrogen) atoms. The van der Waals surface area contributed by atoms with Gasteiger partial charge >= 0.3 is 0 Å². The largest absolute Gasteiger partial charge is 0.470 e. The highest BCUT2D eigenvalue weighted by Crippen LogP contribution is 2.46. The molecule has 1 aliphatic heterocycles. The molecule has 14 heteroatoms. The van der Waals surface area contributed by atoms with Gasteiger partial charge < -0.3 is 30.1 Å². The Labute approximate surface area is 252 Å². The third kappa shape index (κ3) is 8.20. The molecule has 4 N–H and O–H groups in total. The average Bonchev–Trinajstić information content (AvgIpc) is 3.41. The first-order chi connectivity index (χ1) is 20.9. The van der Waals surface area contributed by atoms with E-state index in [-0.39, 0.29) is 43.6 Å². The second kappa shape index (κ2) is 16.3. The van der Waals surface area contributed by atoms with Crippen LogP contribution in [0, 0.1) is 11.8 Å². The number of aliphatic hydroxyl groups excluding tert-OH is 3. The molecule has 2 saturated carbocycles. The van der Waals surface area contributed by atoms with Crippen molar-refractivity contribution >= 4 is 11.8 Å². The second-order valence-corrected chi connectivity index (χ2v) is 12.2. The maximum Gasteiger partial charge on any atom is 0.252 e. The van der Waals surface area contributed by atoms with Crippen LogP contribution in [0.25, 0.3) is 20.9 Å². The van der Waals surface area contributed by atoms with Gasteiger partial charge in [0.1, 0.15) is 0 Å². The summed E-state index contributed by atoms with van der Waals surface area (Å²) in [5.74, 6) is -0.0600. The van der Waals surface area contributed by atoms with Crippen LogP contribution in [-0.2, 0) is 14.3 Å². The Morgan fingerprint density at radius 1 is 1.09 bits per heavy atom. The topological polar surface area (TPSA) is 218 Å². The van der Waals surface area contributed by atoms with Crippen molar-refractivity contribution < 1.29 is 29.6 Å². The zero-order valence-electron chi connectivity index (χ0n) is 24.9. The van der Waals surface area contributed by atoms with E-state index in [1.807, 2.05) is 0 Å². The number of nitrogens with one attached hydrogen (secondary N) is 1. The number of azide groups is 2. The molecular weight excluding hydrogens is 556 g/mol. The van der Waals surface area contributed by atoms with E-state index >= 15 is 0 Å². The zero-order chi connectivity index (χ0) is 30.7. The summed E-state index contributed by atoms with van der Waals surface area (Å²) in [6.07, 6.45) is 8.46. The molecule has 5 atom stereocenters. The number of aliphatic imine (C=N–C) groups is 1. The van der Waals surface area contributed by atoms with Crippen LogP contribution < -0.4 is 5.32 Å². The number of amides is 1. The van der Waals surface area contributed by atoms with Crippen molar-refractivity contribution in [2.45, 2.75) is 120 Å². The highest BCUT2D eigenvalue weighted by Gasteiger charge is 2.56. The number of allylic oxidation sites excluding steroid dienone is 1. The minimum Gasteiger partial charge on any atom is -0.470 e. The predicted molar refractivity (Wildman–Crippen MR) is 159 cm³/mol. The molecule has 0 spiro atoms. The van der Waals surface area contributed by atoms with Crippen LogP contribution >= 0.6 is 0 Å². The number of rotatable bonds is 14. The first-order valence-corrected chi connectivity index (χ1v) is 15.8. The van der Waals surface area contributed by atoms with E-state index in [0.29, 0.717) is 37.5 Å². The van der Waals surface area contributed by atoms with Gasteiger partial charge in [0, 0.05) is 47.2 Å². The Kier molecular flexibility index (Phi) is 12.5. The summed E-state index contributed by atoms with van der Waals surface area (Å²) in [4.78, 5) is 25.6. The van der Waals surface area contributed by atoms with Gasteiger partial charge in [0.25, 0.3) is 5.91 Å². The third-order valence-corrected chi connectivity index (χ3v) is 9.37. The highest BCUT2D eigenvalue weighted by atomic mass is 16.5. The number of hydrogen-bond acceptors (Lipinski definition) is 9. The lowest BCUT2D eigenvalue weighted by Gasteiger charge is -2.39. The van der Waals surface area contributed by atoms with Gasteiger partial charge in [-0.25, -0.2) is 4.99 Å². The van der Waals surface area contributed by atoms with Gasteiger partial charge in [-0.2, -0.15) is 0 Å². The van der Waals surface area contributed by atoms with Gasteiger partial charge in [0.2, 0.25) is 0 Å². The molecule has 4 aliphatic rings. The monoisotopic (exact) mass is 602 g/mol. The van der Waals surface area contributed by atoms with Crippen molar-refractivity contribution in [2.75, 3.05) is 26.4 Å². The molecule has 1 heterocycles. The van der Waals surface area contributed by atoms with Crippen LogP contribution in [0.4, 0.5) is 0 Å². The minimum atomic E-state index is -1.42. The zero-order valence-corrected chi connectivity index (χ0v) is 24.9. The molecule has 3 unspecified atom stereocenters. The lowest BCUT2D eigenvalue weighted by Crippen LogP contribution is -2.56. The van der Waals surface area contributed by atoms with E-state index < -0.39 is 30.3 Å². The molecule has 0 aromatic carbocycles. The van der Waals surface area contributed by atoms with Crippen molar-refractivity contribution in [3.05, 3.63) is 32.2 Å². The maximum atomic E-state index is 14.3. The summed E-state index contributed by atoms with van der Waals surface area (Å²) in [5.41, 5.74) is 18.6. The molecule has 0 saturated heterocycles. The number of nitrogens with zero attached hydrogens (tertiary/aromatic N) is 7. The Morgan fingerprint density at radius 2 is 1.86 bits per heavy atom. The fourth-order valence-corrected chi connectivity index (χ4v) is 7.09. The average molecular weight is 603 g/mol. The van der Waals surface area contributed by atoms with Crippen LogP contribution in [0.2, 0.25) is 0 Å². The minimum absolute atomic E-state index is 0.0238. The van der Waals surface area contributed by atoms with Crippen molar-refractivity contribution in [1.29, 1.82) is 0 Å². The molecule has 1 amide bonds. The number of ether oxygens (including phenoxy) is 2. The Morgan fingerprint density at radius 3 is 2.58 bits per heavy atom. The van der Waals surface area contributed by atoms with E-state index in [1.165, 1.54) is 0 Å². The van der Waals surface area contributed by atoms with Crippen LogP contribution in [0.15, 0.2) is 26.5 Å². The fraction of sp³-hybridized carbons (Fsp3) is 0.862. The Hall–Kier alpha value is -2.86. The second-order valence-electron chi connectivity index (χ2n) is 12.2. The van der Waals surface area contributed by atoms with Gasteiger partial charge in [-0.3, -0.25) is 4.79 Å². The van der Waals surface area contributed by atoms with Crippen molar-refractivity contribution in [2.24, 2.45) is 27.1 Å². The van der Waals surface area contributed by atoms with Gasteiger partial charge in [0.05, 0.1) is 18.8 Å². The quantitative estimate of drug-likeness (QED) is 0.0979. The summed E-state index contributed by atoms with van der Waals surface area (Å²) in [7, 11) is 0. The van der Waals surface area contributed by atoms with Crippen molar-refractivity contribution in [3.8, 4) is 0 Å². The fourth-order valence-electron chi connectivity index (χ4n) is 7.09.